The third-order valence-electron chi connectivity index (χ3n) is 2.76. The molecular formula is C9H13ClN4O3S. The van der Waals surface area contributed by atoms with Crippen LogP contribution in [-0.4, -0.2) is 54.7 Å². The van der Waals surface area contributed by atoms with Crippen molar-refractivity contribution >= 4 is 27.7 Å². The van der Waals surface area contributed by atoms with E-state index in [0.29, 0.717) is 23.8 Å². The van der Waals surface area contributed by atoms with Crippen molar-refractivity contribution in [3.63, 3.8) is 0 Å². The molecule has 100 valence electrons. The fourth-order valence-corrected chi connectivity index (χ4v) is 2.64. The van der Waals surface area contributed by atoms with Crippen molar-refractivity contribution in [1.82, 2.24) is 14.2 Å². The van der Waals surface area contributed by atoms with Crippen LogP contribution in [0.2, 0.25) is 5.02 Å². The molecule has 0 aromatic carbocycles. The van der Waals surface area contributed by atoms with Crippen molar-refractivity contribution in [3.05, 3.63) is 23.0 Å². The number of hydrogen-bond acceptors (Lipinski definition) is 3. The smallest absolute Gasteiger partial charge is 0.277 e. The monoisotopic (exact) mass is 292 g/mol. The first-order chi connectivity index (χ1) is 8.38. The Kier molecular flexibility index (Phi) is 3.62. The molecule has 1 fully saturated rings. The van der Waals surface area contributed by atoms with Gasteiger partial charge < -0.3 is 9.88 Å². The van der Waals surface area contributed by atoms with E-state index in [9.17, 15) is 13.2 Å². The minimum absolute atomic E-state index is 0.198. The first-order valence-corrected chi connectivity index (χ1v) is 7.17. The molecule has 0 spiro atoms. The zero-order valence-corrected chi connectivity index (χ0v) is 11.0. The van der Waals surface area contributed by atoms with Crippen molar-refractivity contribution in [3.8, 4) is 0 Å². The third kappa shape index (κ3) is 2.83. The molecule has 1 aliphatic heterocycles. The Morgan fingerprint density at radius 2 is 1.94 bits per heavy atom. The Morgan fingerprint density at radius 1 is 1.33 bits per heavy atom. The first kappa shape index (κ1) is 13.3. The lowest BCUT2D eigenvalue weighted by Crippen LogP contribution is -2.52. The number of piperazine rings is 1. The van der Waals surface area contributed by atoms with Crippen molar-refractivity contribution in [2.24, 2.45) is 5.14 Å². The average molecular weight is 293 g/mol. The van der Waals surface area contributed by atoms with Gasteiger partial charge in [0.1, 0.15) is 5.69 Å². The molecule has 1 amide bonds. The van der Waals surface area contributed by atoms with Crippen molar-refractivity contribution in [1.29, 1.82) is 0 Å². The maximum Gasteiger partial charge on any atom is 0.277 e. The molecule has 7 nitrogen and oxygen atoms in total. The van der Waals surface area contributed by atoms with E-state index in [-0.39, 0.29) is 19.0 Å². The van der Waals surface area contributed by atoms with E-state index in [1.54, 1.807) is 4.90 Å². The highest BCUT2D eigenvalue weighted by atomic mass is 35.5. The number of H-pyrrole nitrogens is 1. The maximum absolute atomic E-state index is 12.0. The zero-order valence-electron chi connectivity index (χ0n) is 9.47. The van der Waals surface area contributed by atoms with Crippen LogP contribution in [0, 0.1) is 0 Å². The van der Waals surface area contributed by atoms with Crippen LogP contribution in [0.5, 0.6) is 0 Å². The Bertz CT molecular complexity index is 548. The lowest BCUT2D eigenvalue weighted by atomic mass is 10.3. The second kappa shape index (κ2) is 4.88. The van der Waals surface area contributed by atoms with Gasteiger partial charge in [-0.1, -0.05) is 11.6 Å². The Labute approximate surface area is 110 Å². The summed E-state index contributed by atoms with van der Waals surface area (Å²) in [4.78, 5) is 16.3. The molecule has 9 heteroatoms. The number of nitrogens with two attached hydrogens (primary N) is 1. The standard InChI is InChI=1S/C9H13ClN4O3S/c10-7-5-8(12-6-7)9(15)13-1-3-14(4-2-13)18(11,16)17/h5-6,12H,1-4H2,(H2,11,16,17). The number of carbonyl (C=O) groups excluding carboxylic acids is 1. The molecule has 0 radical (unpaired) electrons. The van der Waals surface area contributed by atoms with Gasteiger partial charge in [0.05, 0.1) is 5.02 Å². The SMILES string of the molecule is NS(=O)(=O)N1CCN(C(=O)c2cc(Cl)c[nH]2)CC1. The Balaban J connectivity index is 2.00. The van der Waals surface area contributed by atoms with E-state index in [2.05, 4.69) is 4.98 Å². The highest BCUT2D eigenvalue weighted by Crippen LogP contribution is 2.13. The molecule has 0 aliphatic carbocycles. The zero-order chi connectivity index (χ0) is 13.3. The Morgan fingerprint density at radius 3 is 2.39 bits per heavy atom. The number of aromatic nitrogens is 1. The minimum Gasteiger partial charge on any atom is -0.356 e. The summed E-state index contributed by atoms with van der Waals surface area (Å²) in [5, 5.41) is 5.48. The van der Waals surface area contributed by atoms with Crippen molar-refractivity contribution < 1.29 is 13.2 Å². The number of rotatable bonds is 2. The number of aromatic amines is 1. The van der Waals surface area contributed by atoms with Crippen LogP contribution in [0.15, 0.2) is 12.3 Å². The van der Waals surface area contributed by atoms with E-state index in [1.807, 2.05) is 0 Å². The molecule has 0 saturated carbocycles. The molecule has 3 N–H and O–H groups in total. The number of amides is 1. The Hall–Kier alpha value is -1.09. The van der Waals surface area contributed by atoms with Crippen molar-refractivity contribution in [2.75, 3.05) is 26.2 Å². The molecule has 0 bridgehead atoms. The fraction of sp³-hybridized carbons (Fsp3) is 0.444. The van der Waals surface area contributed by atoms with E-state index in [0.717, 1.165) is 4.31 Å². The topological polar surface area (TPSA) is 99.5 Å². The largest absolute Gasteiger partial charge is 0.356 e. The lowest BCUT2D eigenvalue weighted by Gasteiger charge is -2.32. The molecule has 2 rings (SSSR count). The molecule has 18 heavy (non-hydrogen) atoms. The van der Waals surface area contributed by atoms with E-state index in [1.165, 1.54) is 12.3 Å². The fourth-order valence-electron chi connectivity index (χ4n) is 1.81. The molecule has 1 aromatic heterocycles. The first-order valence-electron chi connectivity index (χ1n) is 5.29. The maximum atomic E-state index is 12.0. The van der Waals surface area contributed by atoms with Gasteiger partial charge in [-0.3, -0.25) is 4.79 Å². The number of halogens is 1. The van der Waals surface area contributed by atoms with Gasteiger partial charge in [0.2, 0.25) is 0 Å². The minimum atomic E-state index is -3.67. The average Bonchev–Trinajstić information content (AvgIpc) is 2.74. The summed E-state index contributed by atoms with van der Waals surface area (Å²) in [5.41, 5.74) is 0.393. The van der Waals surface area contributed by atoms with Gasteiger partial charge in [-0.15, -0.1) is 0 Å². The number of carbonyl (C=O) groups is 1. The van der Waals surface area contributed by atoms with Gasteiger partial charge in [-0.25, -0.2) is 5.14 Å². The lowest BCUT2D eigenvalue weighted by molar-refractivity contribution is 0.0692. The van der Waals surface area contributed by atoms with E-state index >= 15 is 0 Å². The number of hydrogen-bond donors (Lipinski definition) is 2. The van der Waals surface area contributed by atoms with Crippen LogP contribution < -0.4 is 5.14 Å². The van der Waals surface area contributed by atoms with Crippen LogP contribution in [0.4, 0.5) is 0 Å². The van der Waals surface area contributed by atoms with Gasteiger partial charge in [0, 0.05) is 32.4 Å². The molecule has 0 unspecified atom stereocenters. The molecule has 1 saturated heterocycles. The molecule has 1 aliphatic rings. The number of nitrogens with zero attached hydrogens (tertiary/aromatic N) is 2. The summed E-state index contributed by atoms with van der Waals surface area (Å²) in [7, 11) is -3.67. The van der Waals surface area contributed by atoms with Gasteiger partial charge in [-0.05, 0) is 6.07 Å². The summed E-state index contributed by atoms with van der Waals surface area (Å²) < 4.78 is 23.4. The predicted octanol–water partition coefficient (Wildman–Crippen LogP) is -0.371. The highest BCUT2D eigenvalue weighted by molar-refractivity contribution is 7.86. The summed E-state index contributed by atoms with van der Waals surface area (Å²) in [5.74, 6) is -0.198. The van der Waals surface area contributed by atoms with Crippen LogP contribution in [-0.2, 0) is 10.2 Å². The number of nitrogens with one attached hydrogen (secondary N) is 1. The molecular weight excluding hydrogens is 280 g/mol. The normalized spacial score (nSPS) is 18.0. The van der Waals surface area contributed by atoms with Gasteiger partial charge >= 0.3 is 0 Å². The molecule has 0 atom stereocenters. The second-order valence-corrected chi connectivity index (χ2v) is 5.95. The van der Waals surface area contributed by atoms with Gasteiger partial charge in [-0.2, -0.15) is 12.7 Å². The predicted molar refractivity (Wildman–Crippen MR) is 66.4 cm³/mol. The molecule has 1 aromatic rings. The van der Waals surface area contributed by atoms with Crippen LogP contribution in [0.25, 0.3) is 0 Å². The van der Waals surface area contributed by atoms with Crippen molar-refractivity contribution in [2.45, 2.75) is 0 Å². The van der Waals surface area contributed by atoms with Crippen LogP contribution in [0.1, 0.15) is 10.5 Å². The summed E-state index contributed by atoms with van der Waals surface area (Å²) in [6, 6.07) is 1.54. The van der Waals surface area contributed by atoms with Gasteiger partial charge in [0.25, 0.3) is 16.1 Å². The van der Waals surface area contributed by atoms with Gasteiger partial charge in [0.15, 0.2) is 0 Å². The van der Waals surface area contributed by atoms with Crippen LogP contribution in [0.3, 0.4) is 0 Å². The summed E-state index contributed by atoms with van der Waals surface area (Å²) in [6.07, 6.45) is 1.52. The summed E-state index contributed by atoms with van der Waals surface area (Å²) in [6.45, 7) is 1.04. The quantitative estimate of drug-likeness (QED) is 0.778. The molecule has 2 heterocycles. The summed E-state index contributed by atoms with van der Waals surface area (Å²) >= 11 is 5.72. The highest BCUT2D eigenvalue weighted by Gasteiger charge is 2.27. The third-order valence-corrected chi connectivity index (χ3v) is 4.07. The van der Waals surface area contributed by atoms with E-state index in [4.69, 9.17) is 16.7 Å². The van der Waals surface area contributed by atoms with E-state index < -0.39 is 10.2 Å². The van der Waals surface area contributed by atoms with Crippen LogP contribution >= 0.6 is 11.6 Å². The second-order valence-electron chi connectivity index (χ2n) is 3.97.